The molecule has 1 aliphatic heterocycles. The van der Waals surface area contributed by atoms with Crippen LogP contribution in [0, 0.1) is 0 Å². The van der Waals surface area contributed by atoms with Crippen molar-refractivity contribution in [2.75, 3.05) is 13.2 Å². The fourth-order valence-electron chi connectivity index (χ4n) is 2.75. The molecule has 0 spiro atoms. The molecular formula is C13H23NO3. The molecule has 4 nitrogen and oxygen atoms in total. The van der Waals surface area contributed by atoms with Crippen LogP contribution in [0.2, 0.25) is 0 Å². The van der Waals surface area contributed by atoms with Crippen LogP contribution in [0.15, 0.2) is 0 Å². The molecule has 0 aromatic heterocycles. The Hall–Kier alpha value is -0.610. The first-order valence-electron chi connectivity index (χ1n) is 6.77. The first kappa shape index (κ1) is 12.8. The number of carbonyl (C=O) groups is 1. The summed E-state index contributed by atoms with van der Waals surface area (Å²) in [6, 6.07) is 0.333. The summed E-state index contributed by atoms with van der Waals surface area (Å²) in [5, 5.41) is 13.3. The molecule has 2 N–H and O–H groups in total. The summed E-state index contributed by atoms with van der Waals surface area (Å²) in [7, 11) is 0. The average molecular weight is 241 g/mol. The third-order valence-corrected chi connectivity index (χ3v) is 3.88. The molecule has 0 aromatic carbocycles. The van der Waals surface area contributed by atoms with E-state index in [2.05, 4.69) is 5.32 Å². The minimum atomic E-state index is -0.836. The fraction of sp³-hybridized carbons (Fsp3) is 0.923. The van der Waals surface area contributed by atoms with Crippen LogP contribution in [0.5, 0.6) is 0 Å². The Bertz CT molecular complexity index is 255. The van der Waals surface area contributed by atoms with Crippen LogP contribution in [0.25, 0.3) is 0 Å². The summed E-state index contributed by atoms with van der Waals surface area (Å²) < 4.78 is 5.20. The number of hydrogen-bond acceptors (Lipinski definition) is 3. The topological polar surface area (TPSA) is 58.6 Å². The molecule has 0 unspecified atom stereocenters. The van der Waals surface area contributed by atoms with Crippen molar-refractivity contribution < 1.29 is 14.6 Å². The van der Waals surface area contributed by atoms with Gasteiger partial charge in [-0.3, -0.25) is 4.79 Å². The van der Waals surface area contributed by atoms with E-state index in [1.807, 2.05) is 0 Å². The molecule has 1 amide bonds. The highest BCUT2D eigenvalue weighted by atomic mass is 16.5. The molecular weight excluding hydrogens is 218 g/mol. The summed E-state index contributed by atoms with van der Waals surface area (Å²) in [6.07, 6.45) is 7.27. The maximum absolute atomic E-state index is 11.9. The maximum Gasteiger partial charge on any atom is 0.223 e. The monoisotopic (exact) mass is 241 g/mol. The Morgan fingerprint density at radius 2 is 1.88 bits per heavy atom. The SMILES string of the molecule is O=C(CC1(O)CCOCC1)NC1CCCCC1. The highest BCUT2D eigenvalue weighted by Gasteiger charge is 2.32. The molecule has 0 atom stereocenters. The van der Waals surface area contributed by atoms with E-state index in [0.717, 1.165) is 12.8 Å². The van der Waals surface area contributed by atoms with Crippen molar-refractivity contribution in [3.63, 3.8) is 0 Å². The van der Waals surface area contributed by atoms with Crippen molar-refractivity contribution in [2.45, 2.75) is 63.0 Å². The van der Waals surface area contributed by atoms with Gasteiger partial charge < -0.3 is 15.2 Å². The lowest BCUT2D eigenvalue weighted by Gasteiger charge is -2.32. The zero-order chi connectivity index (χ0) is 12.1. The molecule has 2 fully saturated rings. The van der Waals surface area contributed by atoms with E-state index >= 15 is 0 Å². The summed E-state index contributed by atoms with van der Waals surface area (Å²) in [5.41, 5.74) is -0.836. The standard InChI is InChI=1S/C13H23NO3/c15-12(14-11-4-2-1-3-5-11)10-13(16)6-8-17-9-7-13/h11,16H,1-10H2,(H,14,15). The molecule has 0 radical (unpaired) electrons. The van der Waals surface area contributed by atoms with Gasteiger partial charge in [0.2, 0.25) is 5.91 Å². The second-order valence-corrected chi connectivity index (χ2v) is 5.42. The van der Waals surface area contributed by atoms with E-state index < -0.39 is 5.60 Å². The van der Waals surface area contributed by atoms with Crippen molar-refractivity contribution >= 4 is 5.91 Å². The van der Waals surface area contributed by atoms with E-state index in [1.54, 1.807) is 0 Å². The summed E-state index contributed by atoms with van der Waals surface area (Å²) in [4.78, 5) is 11.9. The molecule has 1 saturated carbocycles. The molecule has 1 aliphatic carbocycles. The summed E-state index contributed by atoms with van der Waals surface area (Å²) in [6.45, 7) is 1.13. The van der Waals surface area contributed by atoms with Crippen LogP contribution < -0.4 is 5.32 Å². The smallest absolute Gasteiger partial charge is 0.223 e. The van der Waals surface area contributed by atoms with Crippen LogP contribution in [-0.2, 0) is 9.53 Å². The van der Waals surface area contributed by atoms with Crippen molar-refractivity contribution in [3.8, 4) is 0 Å². The zero-order valence-corrected chi connectivity index (χ0v) is 10.4. The number of carbonyl (C=O) groups excluding carboxylic acids is 1. The third-order valence-electron chi connectivity index (χ3n) is 3.88. The van der Waals surface area contributed by atoms with E-state index in [1.165, 1.54) is 19.3 Å². The van der Waals surface area contributed by atoms with Crippen molar-refractivity contribution in [3.05, 3.63) is 0 Å². The van der Waals surface area contributed by atoms with Crippen LogP contribution in [0.4, 0.5) is 0 Å². The Morgan fingerprint density at radius 3 is 2.53 bits per heavy atom. The third kappa shape index (κ3) is 3.96. The highest BCUT2D eigenvalue weighted by Crippen LogP contribution is 2.24. The molecule has 2 rings (SSSR count). The van der Waals surface area contributed by atoms with Crippen LogP contribution in [0.1, 0.15) is 51.4 Å². The molecule has 98 valence electrons. The first-order valence-corrected chi connectivity index (χ1v) is 6.77. The summed E-state index contributed by atoms with van der Waals surface area (Å²) in [5.74, 6) is 0.00120. The molecule has 1 saturated heterocycles. The van der Waals surface area contributed by atoms with Gasteiger partial charge in [0.1, 0.15) is 0 Å². The van der Waals surface area contributed by atoms with Crippen molar-refractivity contribution in [2.24, 2.45) is 0 Å². The second kappa shape index (κ2) is 5.83. The van der Waals surface area contributed by atoms with Gasteiger partial charge in [-0.25, -0.2) is 0 Å². The highest BCUT2D eigenvalue weighted by molar-refractivity contribution is 5.77. The molecule has 0 aromatic rings. The lowest BCUT2D eigenvalue weighted by molar-refractivity contribution is -0.131. The van der Waals surface area contributed by atoms with E-state index in [0.29, 0.717) is 32.1 Å². The Morgan fingerprint density at radius 1 is 1.24 bits per heavy atom. The Balaban J connectivity index is 1.75. The molecule has 17 heavy (non-hydrogen) atoms. The number of aliphatic hydroxyl groups is 1. The molecule has 1 heterocycles. The largest absolute Gasteiger partial charge is 0.389 e. The average Bonchev–Trinajstić information content (AvgIpc) is 2.30. The van der Waals surface area contributed by atoms with Gasteiger partial charge in [-0.15, -0.1) is 0 Å². The Kier molecular flexibility index (Phi) is 4.40. The lowest BCUT2D eigenvalue weighted by atomic mass is 9.89. The normalized spacial score (nSPS) is 25.5. The number of ether oxygens (including phenoxy) is 1. The van der Waals surface area contributed by atoms with Crippen LogP contribution in [0.3, 0.4) is 0 Å². The van der Waals surface area contributed by atoms with Gasteiger partial charge in [-0.05, 0) is 12.8 Å². The minimum absolute atomic E-state index is 0.00120. The van der Waals surface area contributed by atoms with Crippen molar-refractivity contribution in [1.82, 2.24) is 5.32 Å². The quantitative estimate of drug-likeness (QED) is 0.784. The van der Waals surface area contributed by atoms with Crippen LogP contribution >= 0.6 is 0 Å². The summed E-state index contributed by atoms with van der Waals surface area (Å²) >= 11 is 0. The predicted octanol–water partition coefficient (Wildman–Crippen LogP) is 1.37. The number of amides is 1. The van der Waals surface area contributed by atoms with Gasteiger partial charge in [0.25, 0.3) is 0 Å². The molecule has 2 aliphatic rings. The van der Waals surface area contributed by atoms with Gasteiger partial charge >= 0.3 is 0 Å². The first-order chi connectivity index (χ1) is 8.18. The van der Waals surface area contributed by atoms with E-state index in [4.69, 9.17) is 4.74 Å². The molecule has 0 bridgehead atoms. The molecule has 4 heteroatoms. The van der Waals surface area contributed by atoms with Gasteiger partial charge in [0, 0.05) is 32.1 Å². The maximum atomic E-state index is 11.9. The number of nitrogens with one attached hydrogen (secondary N) is 1. The van der Waals surface area contributed by atoms with Gasteiger partial charge in [-0.1, -0.05) is 19.3 Å². The van der Waals surface area contributed by atoms with Crippen LogP contribution in [-0.4, -0.2) is 35.9 Å². The number of rotatable bonds is 3. The zero-order valence-electron chi connectivity index (χ0n) is 10.4. The minimum Gasteiger partial charge on any atom is -0.389 e. The second-order valence-electron chi connectivity index (χ2n) is 5.42. The van der Waals surface area contributed by atoms with E-state index in [-0.39, 0.29) is 12.3 Å². The van der Waals surface area contributed by atoms with Gasteiger partial charge in [0.15, 0.2) is 0 Å². The fourth-order valence-corrected chi connectivity index (χ4v) is 2.75. The van der Waals surface area contributed by atoms with E-state index in [9.17, 15) is 9.90 Å². The van der Waals surface area contributed by atoms with Crippen molar-refractivity contribution in [1.29, 1.82) is 0 Å². The van der Waals surface area contributed by atoms with Gasteiger partial charge in [-0.2, -0.15) is 0 Å². The lowest BCUT2D eigenvalue weighted by Crippen LogP contribution is -2.44. The number of hydrogen-bond donors (Lipinski definition) is 2. The predicted molar refractivity (Wildman–Crippen MR) is 64.6 cm³/mol. The van der Waals surface area contributed by atoms with Gasteiger partial charge in [0.05, 0.1) is 12.0 Å². The Labute approximate surface area is 103 Å².